The van der Waals surface area contributed by atoms with Crippen LogP contribution in [0.4, 0.5) is 0 Å². The van der Waals surface area contributed by atoms with Crippen molar-refractivity contribution in [1.29, 1.82) is 0 Å². The molecule has 0 aromatic carbocycles. The van der Waals surface area contributed by atoms with Crippen LogP contribution in [-0.2, 0) is 12.8 Å². The van der Waals surface area contributed by atoms with Gasteiger partial charge < -0.3 is 0 Å². The molecule has 0 aliphatic heterocycles. The summed E-state index contributed by atoms with van der Waals surface area (Å²) in [5, 5.41) is 4.72. The average Bonchev–Trinajstić information content (AvgIpc) is 2.85. The van der Waals surface area contributed by atoms with E-state index in [2.05, 4.69) is 24.6 Å². The van der Waals surface area contributed by atoms with E-state index in [-0.39, 0.29) is 0 Å². The van der Waals surface area contributed by atoms with Gasteiger partial charge in [0, 0.05) is 0 Å². The lowest BCUT2D eigenvalue weighted by Gasteiger charge is -2.04. The normalized spacial score (nSPS) is 11.1. The number of unbranched alkanes of at least 4 members (excludes halogenated alkanes) is 8. The van der Waals surface area contributed by atoms with Crippen molar-refractivity contribution >= 4 is 11.3 Å². The molecule has 110 valence electrons. The summed E-state index contributed by atoms with van der Waals surface area (Å²) in [5.41, 5.74) is 3.25. The summed E-state index contributed by atoms with van der Waals surface area (Å²) in [6.07, 6.45) is 16.7. The molecule has 0 fully saturated rings. The Labute approximate surface area is 124 Å². The summed E-state index contributed by atoms with van der Waals surface area (Å²) < 4.78 is 0. The Morgan fingerprint density at radius 1 is 0.632 bits per heavy atom. The van der Waals surface area contributed by atoms with Crippen LogP contribution in [0, 0.1) is 0 Å². The molecule has 0 aliphatic rings. The van der Waals surface area contributed by atoms with Crippen LogP contribution < -0.4 is 0 Å². The SMILES string of the molecule is CCCCCCCCCCCc1cscc1CCC. The van der Waals surface area contributed by atoms with Crippen molar-refractivity contribution in [3.63, 3.8) is 0 Å². The summed E-state index contributed by atoms with van der Waals surface area (Å²) in [6.45, 7) is 4.57. The Bertz CT molecular complexity index is 300. The van der Waals surface area contributed by atoms with Crippen molar-refractivity contribution in [2.75, 3.05) is 0 Å². The van der Waals surface area contributed by atoms with E-state index < -0.39 is 0 Å². The second kappa shape index (κ2) is 11.5. The van der Waals surface area contributed by atoms with Crippen molar-refractivity contribution in [2.24, 2.45) is 0 Å². The minimum absolute atomic E-state index is 1.27. The lowest BCUT2D eigenvalue weighted by atomic mass is 10.0. The van der Waals surface area contributed by atoms with E-state index in [1.807, 2.05) is 11.3 Å². The molecule has 0 N–H and O–H groups in total. The van der Waals surface area contributed by atoms with Gasteiger partial charge in [-0.2, -0.15) is 11.3 Å². The molecule has 1 rings (SSSR count). The summed E-state index contributed by atoms with van der Waals surface area (Å²) in [5.74, 6) is 0. The Morgan fingerprint density at radius 2 is 1.16 bits per heavy atom. The fraction of sp³-hybridized carbons (Fsp3) is 0.778. The van der Waals surface area contributed by atoms with Crippen LogP contribution in [0.1, 0.15) is 89.2 Å². The van der Waals surface area contributed by atoms with Gasteiger partial charge in [-0.15, -0.1) is 0 Å². The van der Waals surface area contributed by atoms with Crippen molar-refractivity contribution in [1.82, 2.24) is 0 Å². The van der Waals surface area contributed by atoms with E-state index in [1.165, 1.54) is 77.0 Å². The predicted octanol–water partition coefficient (Wildman–Crippen LogP) is 6.77. The zero-order valence-corrected chi connectivity index (χ0v) is 13.9. The van der Waals surface area contributed by atoms with E-state index >= 15 is 0 Å². The molecule has 1 aromatic heterocycles. The zero-order valence-electron chi connectivity index (χ0n) is 13.0. The van der Waals surface area contributed by atoms with Crippen LogP contribution in [-0.4, -0.2) is 0 Å². The van der Waals surface area contributed by atoms with E-state index in [0.717, 1.165) is 0 Å². The first-order chi connectivity index (χ1) is 9.38. The molecule has 0 nitrogen and oxygen atoms in total. The minimum Gasteiger partial charge on any atom is -0.152 e. The molecule has 0 unspecified atom stereocenters. The molecule has 19 heavy (non-hydrogen) atoms. The van der Waals surface area contributed by atoms with Crippen LogP contribution >= 0.6 is 11.3 Å². The van der Waals surface area contributed by atoms with Crippen LogP contribution in [0.5, 0.6) is 0 Å². The monoisotopic (exact) mass is 280 g/mol. The fourth-order valence-electron chi connectivity index (χ4n) is 2.68. The van der Waals surface area contributed by atoms with Crippen LogP contribution in [0.2, 0.25) is 0 Å². The quantitative estimate of drug-likeness (QED) is 0.370. The van der Waals surface area contributed by atoms with Gasteiger partial charge in [0.25, 0.3) is 0 Å². The Morgan fingerprint density at radius 3 is 1.74 bits per heavy atom. The second-order valence-corrected chi connectivity index (χ2v) is 6.49. The van der Waals surface area contributed by atoms with Crippen molar-refractivity contribution < 1.29 is 0 Å². The van der Waals surface area contributed by atoms with E-state index in [1.54, 1.807) is 11.1 Å². The third kappa shape index (κ3) is 7.77. The topological polar surface area (TPSA) is 0 Å². The molecule has 0 saturated carbocycles. The number of rotatable bonds is 12. The lowest BCUT2D eigenvalue weighted by molar-refractivity contribution is 0.564. The largest absolute Gasteiger partial charge is 0.152 e. The first-order valence-corrected chi connectivity index (χ1v) is 9.36. The highest BCUT2D eigenvalue weighted by Crippen LogP contribution is 2.20. The van der Waals surface area contributed by atoms with Gasteiger partial charge >= 0.3 is 0 Å². The highest BCUT2D eigenvalue weighted by molar-refractivity contribution is 7.08. The molecule has 0 atom stereocenters. The van der Waals surface area contributed by atoms with Gasteiger partial charge in [-0.25, -0.2) is 0 Å². The van der Waals surface area contributed by atoms with E-state index in [9.17, 15) is 0 Å². The first kappa shape index (κ1) is 16.8. The standard InChI is InChI=1S/C18H32S/c1-3-5-6-7-8-9-10-11-12-14-18-16-19-15-17(18)13-4-2/h15-16H,3-14H2,1-2H3. The van der Waals surface area contributed by atoms with Crippen molar-refractivity contribution in [2.45, 2.75) is 90.9 Å². The molecule has 1 heteroatoms. The molecule has 0 amide bonds. The molecule has 0 saturated heterocycles. The van der Waals surface area contributed by atoms with Gasteiger partial charge in [0.2, 0.25) is 0 Å². The van der Waals surface area contributed by atoms with Gasteiger partial charge in [-0.1, -0.05) is 71.6 Å². The number of hydrogen-bond donors (Lipinski definition) is 0. The molecular weight excluding hydrogens is 248 g/mol. The van der Waals surface area contributed by atoms with Crippen LogP contribution in [0.15, 0.2) is 10.8 Å². The van der Waals surface area contributed by atoms with Crippen LogP contribution in [0.3, 0.4) is 0 Å². The highest BCUT2D eigenvalue weighted by Gasteiger charge is 2.02. The Balaban J connectivity index is 1.97. The van der Waals surface area contributed by atoms with Gasteiger partial charge in [0.15, 0.2) is 0 Å². The molecule has 0 bridgehead atoms. The summed E-state index contributed by atoms with van der Waals surface area (Å²) >= 11 is 1.89. The maximum absolute atomic E-state index is 2.37. The predicted molar refractivity (Wildman–Crippen MR) is 89.2 cm³/mol. The Kier molecular flexibility index (Phi) is 10.2. The van der Waals surface area contributed by atoms with E-state index in [0.29, 0.717) is 0 Å². The maximum Gasteiger partial charge on any atom is -0.00584 e. The third-order valence-corrected chi connectivity index (χ3v) is 4.74. The van der Waals surface area contributed by atoms with Gasteiger partial charge in [0.05, 0.1) is 0 Å². The average molecular weight is 281 g/mol. The molecule has 0 aliphatic carbocycles. The molecule has 1 aromatic rings. The van der Waals surface area contributed by atoms with Gasteiger partial charge in [0.1, 0.15) is 0 Å². The third-order valence-electron chi connectivity index (χ3n) is 3.90. The number of thiophene rings is 1. The fourth-order valence-corrected chi connectivity index (χ4v) is 3.62. The smallest absolute Gasteiger partial charge is 0.00584 e. The second-order valence-electron chi connectivity index (χ2n) is 5.75. The molecule has 0 radical (unpaired) electrons. The highest BCUT2D eigenvalue weighted by atomic mass is 32.1. The number of hydrogen-bond acceptors (Lipinski definition) is 1. The van der Waals surface area contributed by atoms with Crippen LogP contribution in [0.25, 0.3) is 0 Å². The van der Waals surface area contributed by atoms with Crippen molar-refractivity contribution in [3.05, 3.63) is 21.9 Å². The number of aryl methyl sites for hydroxylation is 2. The lowest BCUT2D eigenvalue weighted by Crippen LogP contribution is -1.90. The summed E-state index contributed by atoms with van der Waals surface area (Å²) in [7, 11) is 0. The summed E-state index contributed by atoms with van der Waals surface area (Å²) in [4.78, 5) is 0. The molecular formula is C18H32S. The van der Waals surface area contributed by atoms with Gasteiger partial charge in [-0.05, 0) is 41.1 Å². The van der Waals surface area contributed by atoms with Crippen molar-refractivity contribution in [3.8, 4) is 0 Å². The first-order valence-electron chi connectivity index (χ1n) is 8.42. The molecule has 0 spiro atoms. The maximum atomic E-state index is 2.37. The molecule has 1 heterocycles. The Hall–Kier alpha value is -0.300. The zero-order chi connectivity index (χ0) is 13.8. The minimum atomic E-state index is 1.27. The van der Waals surface area contributed by atoms with E-state index in [4.69, 9.17) is 0 Å². The van der Waals surface area contributed by atoms with Gasteiger partial charge in [-0.3, -0.25) is 0 Å². The summed E-state index contributed by atoms with van der Waals surface area (Å²) in [6, 6.07) is 0.